The van der Waals surface area contributed by atoms with Crippen LogP contribution in [0.4, 0.5) is 5.82 Å². The summed E-state index contributed by atoms with van der Waals surface area (Å²) < 4.78 is 5.33. The summed E-state index contributed by atoms with van der Waals surface area (Å²) >= 11 is 5.83. The Labute approximate surface area is 112 Å². The Morgan fingerprint density at radius 3 is 2.83 bits per heavy atom. The van der Waals surface area contributed by atoms with Crippen LogP contribution in [0.2, 0.25) is 5.15 Å². The topological polar surface area (TPSA) is 34.1 Å². The minimum Gasteiger partial charge on any atom is -0.496 e. The van der Waals surface area contributed by atoms with Crippen LogP contribution < -0.4 is 10.1 Å². The van der Waals surface area contributed by atoms with Crippen molar-refractivity contribution in [2.75, 3.05) is 12.4 Å². The van der Waals surface area contributed by atoms with Crippen molar-refractivity contribution in [3.8, 4) is 5.75 Å². The molecule has 1 aromatic carbocycles. The Morgan fingerprint density at radius 2 is 2.11 bits per heavy atom. The molecule has 1 aromatic heterocycles. The largest absolute Gasteiger partial charge is 0.496 e. The van der Waals surface area contributed by atoms with Gasteiger partial charge in [-0.1, -0.05) is 35.4 Å². The summed E-state index contributed by atoms with van der Waals surface area (Å²) in [4.78, 5) is 4.18. The van der Waals surface area contributed by atoms with Crippen LogP contribution in [0.15, 0.2) is 36.4 Å². The highest BCUT2D eigenvalue weighted by Crippen LogP contribution is 2.20. The lowest BCUT2D eigenvalue weighted by molar-refractivity contribution is 0.410. The van der Waals surface area contributed by atoms with Gasteiger partial charge in [-0.3, -0.25) is 0 Å². The minimum atomic E-state index is 0.483. The van der Waals surface area contributed by atoms with Gasteiger partial charge in [0.15, 0.2) is 0 Å². The van der Waals surface area contributed by atoms with Gasteiger partial charge in [0.2, 0.25) is 0 Å². The van der Waals surface area contributed by atoms with Crippen molar-refractivity contribution in [3.63, 3.8) is 0 Å². The third-order valence-corrected chi connectivity index (χ3v) is 2.82. The SMILES string of the molecule is COc1ccc(C)cc1CNc1cccc(Cl)n1. The summed E-state index contributed by atoms with van der Waals surface area (Å²) in [5, 5.41) is 3.71. The van der Waals surface area contributed by atoms with Crippen LogP contribution in [0.5, 0.6) is 5.75 Å². The van der Waals surface area contributed by atoms with E-state index in [4.69, 9.17) is 16.3 Å². The summed E-state index contributed by atoms with van der Waals surface area (Å²) in [5.74, 6) is 1.63. The van der Waals surface area contributed by atoms with Gasteiger partial charge in [-0.05, 0) is 25.1 Å². The minimum absolute atomic E-state index is 0.483. The smallest absolute Gasteiger partial charge is 0.131 e. The van der Waals surface area contributed by atoms with Gasteiger partial charge in [-0.2, -0.15) is 0 Å². The molecule has 0 amide bonds. The molecular weight excluding hydrogens is 248 g/mol. The number of ether oxygens (including phenoxy) is 1. The van der Waals surface area contributed by atoms with Crippen LogP contribution in [-0.2, 0) is 6.54 Å². The highest BCUT2D eigenvalue weighted by Gasteiger charge is 2.03. The first kappa shape index (κ1) is 12.7. The van der Waals surface area contributed by atoms with Gasteiger partial charge in [0.05, 0.1) is 7.11 Å². The number of anilines is 1. The van der Waals surface area contributed by atoms with E-state index >= 15 is 0 Å². The van der Waals surface area contributed by atoms with E-state index in [1.165, 1.54) is 5.56 Å². The Bertz CT molecular complexity index is 543. The van der Waals surface area contributed by atoms with Crippen LogP contribution >= 0.6 is 11.6 Å². The number of aromatic nitrogens is 1. The number of aryl methyl sites for hydroxylation is 1. The molecular formula is C14H15ClN2O. The summed E-state index contributed by atoms with van der Waals surface area (Å²) in [7, 11) is 1.67. The quantitative estimate of drug-likeness (QED) is 0.854. The Morgan fingerprint density at radius 1 is 1.28 bits per heavy atom. The molecule has 0 atom stereocenters. The average molecular weight is 263 g/mol. The van der Waals surface area contributed by atoms with Crippen LogP contribution in [-0.4, -0.2) is 12.1 Å². The van der Waals surface area contributed by atoms with Crippen LogP contribution in [0.1, 0.15) is 11.1 Å². The third kappa shape index (κ3) is 3.14. The van der Waals surface area contributed by atoms with E-state index < -0.39 is 0 Å². The van der Waals surface area contributed by atoms with Crippen LogP contribution in [0.3, 0.4) is 0 Å². The van der Waals surface area contributed by atoms with Gasteiger partial charge < -0.3 is 10.1 Å². The predicted molar refractivity (Wildman–Crippen MR) is 74.3 cm³/mol. The third-order valence-electron chi connectivity index (χ3n) is 2.61. The second kappa shape index (κ2) is 5.74. The van der Waals surface area contributed by atoms with Crippen molar-refractivity contribution in [2.45, 2.75) is 13.5 Å². The standard InChI is InChI=1S/C14H15ClN2O/c1-10-6-7-12(18-2)11(8-10)9-16-14-5-3-4-13(15)17-14/h3-8H,9H2,1-2H3,(H,16,17). The Balaban J connectivity index is 2.12. The molecule has 0 saturated carbocycles. The van der Waals surface area contributed by atoms with E-state index in [0.717, 1.165) is 17.1 Å². The number of methoxy groups -OCH3 is 1. The molecule has 0 fully saturated rings. The summed E-state index contributed by atoms with van der Waals surface area (Å²) in [6.45, 7) is 2.71. The van der Waals surface area contributed by atoms with E-state index in [1.54, 1.807) is 13.2 Å². The molecule has 0 radical (unpaired) electrons. The van der Waals surface area contributed by atoms with Crippen molar-refractivity contribution in [3.05, 3.63) is 52.7 Å². The first-order valence-corrected chi connectivity index (χ1v) is 6.07. The molecule has 0 spiro atoms. The van der Waals surface area contributed by atoms with E-state index in [9.17, 15) is 0 Å². The number of pyridine rings is 1. The summed E-state index contributed by atoms with van der Waals surface area (Å²) in [6, 6.07) is 11.6. The molecule has 3 nitrogen and oxygen atoms in total. The Hall–Kier alpha value is -1.74. The fraction of sp³-hybridized carbons (Fsp3) is 0.214. The number of nitrogens with one attached hydrogen (secondary N) is 1. The molecule has 2 rings (SSSR count). The molecule has 4 heteroatoms. The number of rotatable bonds is 4. The summed E-state index contributed by atoms with van der Waals surface area (Å²) in [6.07, 6.45) is 0. The molecule has 0 bridgehead atoms. The van der Waals surface area contributed by atoms with Crippen LogP contribution in [0.25, 0.3) is 0 Å². The lowest BCUT2D eigenvalue weighted by Crippen LogP contribution is -2.03. The van der Waals surface area contributed by atoms with Gasteiger partial charge >= 0.3 is 0 Å². The molecule has 0 unspecified atom stereocenters. The number of halogens is 1. The van der Waals surface area contributed by atoms with Crippen molar-refractivity contribution in [2.24, 2.45) is 0 Å². The maximum absolute atomic E-state index is 5.83. The van der Waals surface area contributed by atoms with Crippen molar-refractivity contribution < 1.29 is 4.74 Å². The van der Waals surface area contributed by atoms with E-state index in [0.29, 0.717) is 11.7 Å². The van der Waals surface area contributed by atoms with Gasteiger partial charge in [0.25, 0.3) is 0 Å². The van der Waals surface area contributed by atoms with Crippen LogP contribution in [0, 0.1) is 6.92 Å². The molecule has 1 N–H and O–H groups in total. The van der Waals surface area contributed by atoms with Gasteiger partial charge in [-0.15, -0.1) is 0 Å². The van der Waals surface area contributed by atoms with E-state index in [-0.39, 0.29) is 0 Å². The number of hydrogen-bond acceptors (Lipinski definition) is 3. The lowest BCUT2D eigenvalue weighted by Gasteiger charge is -2.11. The second-order valence-electron chi connectivity index (χ2n) is 4.01. The van der Waals surface area contributed by atoms with E-state index in [2.05, 4.69) is 23.3 Å². The highest BCUT2D eigenvalue weighted by atomic mass is 35.5. The fourth-order valence-corrected chi connectivity index (χ4v) is 1.90. The molecule has 0 aliphatic rings. The monoisotopic (exact) mass is 262 g/mol. The maximum Gasteiger partial charge on any atom is 0.131 e. The summed E-state index contributed by atoms with van der Waals surface area (Å²) in [5.41, 5.74) is 2.30. The lowest BCUT2D eigenvalue weighted by atomic mass is 10.1. The molecule has 1 heterocycles. The number of benzene rings is 1. The first-order chi connectivity index (χ1) is 8.69. The van der Waals surface area contributed by atoms with Gasteiger partial charge in [0, 0.05) is 12.1 Å². The van der Waals surface area contributed by atoms with Gasteiger partial charge in [0.1, 0.15) is 16.7 Å². The van der Waals surface area contributed by atoms with Crippen molar-refractivity contribution in [1.29, 1.82) is 0 Å². The molecule has 2 aromatic rings. The molecule has 18 heavy (non-hydrogen) atoms. The van der Waals surface area contributed by atoms with Crippen molar-refractivity contribution in [1.82, 2.24) is 4.98 Å². The molecule has 0 aliphatic carbocycles. The molecule has 94 valence electrons. The number of nitrogens with zero attached hydrogens (tertiary/aromatic N) is 1. The Kier molecular flexibility index (Phi) is 4.05. The zero-order valence-corrected chi connectivity index (χ0v) is 11.2. The predicted octanol–water partition coefficient (Wildman–Crippen LogP) is 3.66. The van der Waals surface area contributed by atoms with E-state index in [1.807, 2.05) is 24.3 Å². The highest BCUT2D eigenvalue weighted by molar-refractivity contribution is 6.29. The average Bonchev–Trinajstić information content (AvgIpc) is 2.37. The fourth-order valence-electron chi connectivity index (χ4n) is 1.74. The van der Waals surface area contributed by atoms with Gasteiger partial charge in [-0.25, -0.2) is 4.98 Å². The zero-order valence-electron chi connectivity index (χ0n) is 10.4. The molecule has 0 saturated heterocycles. The number of hydrogen-bond donors (Lipinski definition) is 1. The first-order valence-electron chi connectivity index (χ1n) is 5.69. The molecule has 0 aliphatic heterocycles. The zero-order chi connectivity index (χ0) is 13.0. The normalized spacial score (nSPS) is 10.2. The van der Waals surface area contributed by atoms with Crippen molar-refractivity contribution >= 4 is 17.4 Å². The maximum atomic E-state index is 5.83. The second-order valence-corrected chi connectivity index (χ2v) is 4.40.